The zero-order valence-electron chi connectivity index (χ0n) is 15.2. The van der Waals surface area contributed by atoms with Crippen molar-refractivity contribution in [1.82, 2.24) is 25.3 Å². The van der Waals surface area contributed by atoms with Crippen molar-refractivity contribution in [1.29, 1.82) is 0 Å². The molecule has 0 spiro atoms. The fourth-order valence-electron chi connectivity index (χ4n) is 2.42. The molecule has 9 heteroatoms. The number of hydrogen-bond donors (Lipinski definition) is 2. The summed E-state index contributed by atoms with van der Waals surface area (Å²) >= 11 is 6.14. The highest BCUT2D eigenvalue weighted by atomic mass is 35.5. The normalized spacial score (nSPS) is 10.7. The van der Waals surface area contributed by atoms with Gasteiger partial charge >= 0.3 is 0 Å². The molecule has 0 unspecified atom stereocenters. The topological polar surface area (TPSA) is 94.1 Å². The summed E-state index contributed by atoms with van der Waals surface area (Å²) in [5, 5.41) is 14.2. The Kier molecular flexibility index (Phi) is 5.66. The van der Waals surface area contributed by atoms with Crippen LogP contribution in [0.4, 0.5) is 0 Å². The Hall–Kier alpha value is -3.00. The van der Waals surface area contributed by atoms with Gasteiger partial charge in [-0.25, -0.2) is 0 Å². The molecule has 1 aromatic carbocycles. The molecule has 142 valence electrons. The van der Waals surface area contributed by atoms with Crippen LogP contribution in [0, 0.1) is 6.92 Å². The zero-order valence-corrected chi connectivity index (χ0v) is 16.0. The third-order valence-electron chi connectivity index (χ3n) is 4.16. The smallest absolute Gasteiger partial charge is 0.272 e. The van der Waals surface area contributed by atoms with Gasteiger partial charge < -0.3 is 14.8 Å². The Bertz CT molecular complexity index is 950. The van der Waals surface area contributed by atoms with Crippen LogP contribution in [-0.2, 0) is 20.2 Å². The van der Waals surface area contributed by atoms with Crippen molar-refractivity contribution in [2.45, 2.75) is 20.1 Å². The van der Waals surface area contributed by atoms with E-state index in [4.69, 9.17) is 21.1 Å². The molecule has 0 aliphatic rings. The third kappa shape index (κ3) is 4.40. The highest BCUT2D eigenvalue weighted by Gasteiger charge is 2.13. The lowest BCUT2D eigenvalue weighted by molar-refractivity contribution is 0.0946. The van der Waals surface area contributed by atoms with Gasteiger partial charge in [0.25, 0.3) is 5.91 Å². The number of ether oxygens (including phenoxy) is 2. The fourth-order valence-corrected chi connectivity index (χ4v) is 2.64. The predicted octanol–water partition coefficient (Wildman–Crippen LogP) is 2.62. The summed E-state index contributed by atoms with van der Waals surface area (Å²) in [6.45, 7) is 2.54. The van der Waals surface area contributed by atoms with E-state index in [2.05, 4.69) is 20.6 Å². The Labute approximate surface area is 161 Å². The van der Waals surface area contributed by atoms with E-state index in [9.17, 15) is 4.79 Å². The molecule has 0 aliphatic carbocycles. The second-order valence-corrected chi connectivity index (χ2v) is 6.33. The van der Waals surface area contributed by atoms with E-state index in [0.29, 0.717) is 28.8 Å². The van der Waals surface area contributed by atoms with Gasteiger partial charge in [0.15, 0.2) is 0 Å². The molecule has 2 aromatic heterocycles. The molecule has 0 bridgehead atoms. The monoisotopic (exact) mass is 389 g/mol. The van der Waals surface area contributed by atoms with Crippen molar-refractivity contribution in [3.63, 3.8) is 0 Å². The number of carbonyl (C=O) groups excluding carboxylic acids is 1. The number of hydrogen-bond acceptors (Lipinski definition) is 5. The highest BCUT2D eigenvalue weighted by Crippen LogP contribution is 2.29. The minimum Gasteiger partial charge on any atom is -0.497 e. The summed E-state index contributed by atoms with van der Waals surface area (Å²) in [4.78, 5) is 12.3. The van der Waals surface area contributed by atoms with E-state index in [1.165, 1.54) is 0 Å². The van der Waals surface area contributed by atoms with Gasteiger partial charge in [-0.05, 0) is 25.1 Å². The van der Waals surface area contributed by atoms with Gasteiger partial charge in [-0.15, -0.1) is 0 Å². The minimum absolute atomic E-state index is 0.202. The molecule has 27 heavy (non-hydrogen) atoms. The summed E-state index contributed by atoms with van der Waals surface area (Å²) in [6.07, 6.45) is 1.73. The Morgan fingerprint density at radius 1 is 1.37 bits per heavy atom. The molecule has 0 radical (unpaired) electrons. The maximum atomic E-state index is 12.3. The Morgan fingerprint density at radius 2 is 2.19 bits per heavy atom. The van der Waals surface area contributed by atoms with Crippen LogP contribution in [-0.4, -0.2) is 33.0 Å². The summed E-state index contributed by atoms with van der Waals surface area (Å²) in [6, 6.07) is 6.79. The summed E-state index contributed by atoms with van der Waals surface area (Å²) in [7, 11) is 3.43. The highest BCUT2D eigenvalue weighted by molar-refractivity contribution is 6.32. The first-order valence-electron chi connectivity index (χ1n) is 8.24. The number of methoxy groups -OCH3 is 1. The number of aromatic nitrogens is 4. The maximum absolute atomic E-state index is 12.3. The lowest BCUT2D eigenvalue weighted by Crippen LogP contribution is -2.23. The van der Waals surface area contributed by atoms with Crippen molar-refractivity contribution in [2.24, 2.45) is 7.05 Å². The van der Waals surface area contributed by atoms with Crippen LogP contribution in [0.1, 0.15) is 27.4 Å². The molecule has 0 fully saturated rings. The Morgan fingerprint density at radius 3 is 2.85 bits per heavy atom. The summed E-state index contributed by atoms with van der Waals surface area (Å²) in [5.74, 6) is 0.894. The minimum atomic E-state index is -0.275. The van der Waals surface area contributed by atoms with E-state index >= 15 is 0 Å². The molecule has 8 nitrogen and oxygen atoms in total. The van der Waals surface area contributed by atoms with E-state index in [1.54, 1.807) is 42.3 Å². The lowest BCUT2D eigenvalue weighted by atomic mass is 10.2. The number of benzene rings is 1. The number of H-pyrrole nitrogens is 1. The van der Waals surface area contributed by atoms with E-state index in [1.807, 2.05) is 14.0 Å². The van der Waals surface area contributed by atoms with Gasteiger partial charge in [0.05, 0.1) is 24.0 Å². The molecule has 0 saturated carbocycles. The maximum Gasteiger partial charge on any atom is 0.272 e. The number of nitrogens with zero attached hydrogens (tertiary/aromatic N) is 3. The van der Waals surface area contributed by atoms with Crippen molar-refractivity contribution in [2.75, 3.05) is 7.11 Å². The standard InChI is InChI=1S/C18H20ClN5O3/c1-11-12(9-21-24(11)2)8-20-18(25)16-6-13(22-23-16)10-27-17-5-4-14(26-3)7-15(17)19/h4-7,9H,8,10H2,1-3H3,(H,20,25)(H,22,23). The average Bonchev–Trinajstić information content (AvgIpc) is 3.26. The van der Waals surface area contributed by atoms with Crippen LogP contribution >= 0.6 is 11.6 Å². The van der Waals surface area contributed by atoms with Gasteiger partial charge in [0, 0.05) is 30.9 Å². The molecule has 3 rings (SSSR count). The van der Waals surface area contributed by atoms with Crippen LogP contribution in [0.25, 0.3) is 0 Å². The average molecular weight is 390 g/mol. The molecule has 2 heterocycles. The quantitative estimate of drug-likeness (QED) is 0.647. The van der Waals surface area contributed by atoms with Gasteiger partial charge in [0.2, 0.25) is 0 Å². The van der Waals surface area contributed by atoms with Gasteiger partial charge in [-0.1, -0.05) is 11.6 Å². The largest absolute Gasteiger partial charge is 0.497 e. The number of halogens is 1. The van der Waals surface area contributed by atoms with Crippen LogP contribution in [0.3, 0.4) is 0 Å². The summed E-state index contributed by atoms with van der Waals surface area (Å²) < 4.78 is 12.5. The van der Waals surface area contributed by atoms with E-state index in [0.717, 1.165) is 11.3 Å². The van der Waals surface area contributed by atoms with Crippen LogP contribution in [0.5, 0.6) is 11.5 Å². The lowest BCUT2D eigenvalue weighted by Gasteiger charge is -2.08. The first kappa shape index (κ1) is 18.8. The first-order chi connectivity index (χ1) is 13.0. The predicted molar refractivity (Wildman–Crippen MR) is 100 cm³/mol. The van der Waals surface area contributed by atoms with Crippen LogP contribution in [0.2, 0.25) is 5.02 Å². The molecule has 0 saturated heterocycles. The molecule has 2 N–H and O–H groups in total. The molecule has 3 aromatic rings. The van der Waals surface area contributed by atoms with Gasteiger partial charge in [-0.2, -0.15) is 10.2 Å². The van der Waals surface area contributed by atoms with Gasteiger partial charge in [0.1, 0.15) is 23.8 Å². The van der Waals surface area contributed by atoms with Crippen LogP contribution < -0.4 is 14.8 Å². The third-order valence-corrected chi connectivity index (χ3v) is 4.46. The van der Waals surface area contributed by atoms with Gasteiger partial charge in [-0.3, -0.25) is 14.6 Å². The Balaban J connectivity index is 1.56. The van der Waals surface area contributed by atoms with E-state index in [-0.39, 0.29) is 18.2 Å². The van der Waals surface area contributed by atoms with Crippen molar-refractivity contribution in [3.05, 3.63) is 58.1 Å². The second-order valence-electron chi connectivity index (χ2n) is 5.92. The second kappa shape index (κ2) is 8.13. The number of amides is 1. The first-order valence-corrected chi connectivity index (χ1v) is 8.62. The molecule has 1 amide bonds. The number of rotatable bonds is 7. The molecular formula is C18H20ClN5O3. The molecule has 0 atom stereocenters. The fraction of sp³-hybridized carbons (Fsp3) is 0.278. The summed E-state index contributed by atoms with van der Waals surface area (Å²) in [5.41, 5.74) is 2.91. The van der Waals surface area contributed by atoms with Crippen molar-refractivity contribution in [3.8, 4) is 11.5 Å². The van der Waals surface area contributed by atoms with Crippen molar-refractivity contribution >= 4 is 17.5 Å². The van der Waals surface area contributed by atoms with Crippen molar-refractivity contribution < 1.29 is 14.3 Å². The number of aromatic amines is 1. The van der Waals surface area contributed by atoms with E-state index < -0.39 is 0 Å². The number of nitrogens with one attached hydrogen (secondary N) is 2. The molecular weight excluding hydrogens is 370 g/mol. The van der Waals surface area contributed by atoms with Crippen LogP contribution in [0.15, 0.2) is 30.5 Å². The zero-order chi connectivity index (χ0) is 19.4. The number of carbonyl (C=O) groups is 1. The molecule has 0 aliphatic heterocycles. The SMILES string of the molecule is COc1ccc(OCc2cc(C(=O)NCc3cnn(C)c3C)n[nH]2)c(Cl)c1. The number of aryl methyl sites for hydroxylation is 1.